The van der Waals surface area contributed by atoms with Gasteiger partial charge in [-0.2, -0.15) is 0 Å². The summed E-state index contributed by atoms with van der Waals surface area (Å²) in [4.78, 5) is 4.55. The first-order chi connectivity index (χ1) is 8.74. The summed E-state index contributed by atoms with van der Waals surface area (Å²) < 4.78 is 6.29. The molecule has 92 valence electrons. The molecule has 0 amide bonds. The van der Waals surface area contributed by atoms with E-state index < -0.39 is 0 Å². The Morgan fingerprint density at radius 1 is 1.39 bits per heavy atom. The SMILES string of the molecule is Cc1ccc(Cl)c2sc(NCc3ccco3)nc12. The van der Waals surface area contributed by atoms with Crippen molar-refractivity contribution >= 4 is 38.3 Å². The zero-order valence-electron chi connectivity index (χ0n) is 9.74. The lowest BCUT2D eigenvalue weighted by Gasteiger charge is -1.97. The number of anilines is 1. The van der Waals surface area contributed by atoms with E-state index in [0.717, 1.165) is 31.7 Å². The fourth-order valence-electron chi connectivity index (χ4n) is 1.75. The Morgan fingerprint density at radius 2 is 2.28 bits per heavy atom. The van der Waals surface area contributed by atoms with Crippen LogP contribution < -0.4 is 5.32 Å². The van der Waals surface area contributed by atoms with Gasteiger partial charge in [-0.3, -0.25) is 0 Å². The number of hydrogen-bond donors (Lipinski definition) is 1. The van der Waals surface area contributed by atoms with Crippen LogP contribution in [-0.2, 0) is 6.54 Å². The van der Waals surface area contributed by atoms with E-state index in [9.17, 15) is 0 Å². The molecule has 0 aliphatic heterocycles. The second-order valence-electron chi connectivity index (χ2n) is 3.99. The van der Waals surface area contributed by atoms with Crippen molar-refractivity contribution in [2.75, 3.05) is 5.32 Å². The van der Waals surface area contributed by atoms with Crippen LogP contribution in [-0.4, -0.2) is 4.98 Å². The molecule has 0 fully saturated rings. The molecule has 18 heavy (non-hydrogen) atoms. The number of nitrogens with zero attached hydrogens (tertiary/aromatic N) is 1. The molecular formula is C13H11ClN2OS. The van der Waals surface area contributed by atoms with Crippen LogP contribution in [0.1, 0.15) is 11.3 Å². The van der Waals surface area contributed by atoms with Crippen LogP contribution in [0.3, 0.4) is 0 Å². The lowest BCUT2D eigenvalue weighted by atomic mass is 10.2. The van der Waals surface area contributed by atoms with Gasteiger partial charge in [-0.05, 0) is 30.7 Å². The molecule has 0 saturated heterocycles. The van der Waals surface area contributed by atoms with E-state index in [0.29, 0.717) is 6.54 Å². The second kappa shape index (κ2) is 4.63. The lowest BCUT2D eigenvalue weighted by Crippen LogP contribution is -1.96. The second-order valence-corrected chi connectivity index (χ2v) is 5.40. The van der Waals surface area contributed by atoms with Crippen LogP contribution in [0.2, 0.25) is 5.02 Å². The van der Waals surface area contributed by atoms with E-state index in [-0.39, 0.29) is 0 Å². The van der Waals surface area contributed by atoms with Crippen molar-refractivity contribution in [2.24, 2.45) is 0 Å². The summed E-state index contributed by atoms with van der Waals surface area (Å²) in [5.41, 5.74) is 2.10. The molecule has 3 rings (SSSR count). The van der Waals surface area contributed by atoms with Gasteiger partial charge in [0.1, 0.15) is 5.76 Å². The Bertz CT molecular complexity index is 637. The summed E-state index contributed by atoms with van der Waals surface area (Å²) in [6.45, 7) is 2.66. The van der Waals surface area contributed by atoms with Crippen LogP contribution >= 0.6 is 22.9 Å². The van der Waals surface area contributed by atoms with Gasteiger partial charge in [0.2, 0.25) is 0 Å². The van der Waals surface area contributed by atoms with E-state index in [2.05, 4.69) is 10.3 Å². The highest BCUT2D eigenvalue weighted by molar-refractivity contribution is 7.22. The molecule has 0 aliphatic rings. The minimum absolute atomic E-state index is 0.628. The third-order valence-electron chi connectivity index (χ3n) is 2.69. The van der Waals surface area contributed by atoms with Crippen LogP contribution in [0, 0.1) is 6.92 Å². The Labute approximate surface area is 113 Å². The maximum absolute atomic E-state index is 6.17. The Kier molecular flexibility index (Phi) is 2.97. The number of aryl methyl sites for hydroxylation is 1. The van der Waals surface area contributed by atoms with E-state index in [1.54, 1.807) is 17.6 Å². The summed E-state index contributed by atoms with van der Waals surface area (Å²) in [5.74, 6) is 0.886. The summed E-state index contributed by atoms with van der Waals surface area (Å²) in [5, 5.41) is 4.85. The van der Waals surface area contributed by atoms with Crippen molar-refractivity contribution in [3.05, 3.63) is 46.9 Å². The van der Waals surface area contributed by atoms with Gasteiger partial charge >= 0.3 is 0 Å². The first-order valence-corrected chi connectivity index (χ1v) is 6.75. The van der Waals surface area contributed by atoms with Crippen LogP contribution in [0.25, 0.3) is 10.2 Å². The quantitative estimate of drug-likeness (QED) is 0.768. The van der Waals surface area contributed by atoms with Crippen molar-refractivity contribution in [2.45, 2.75) is 13.5 Å². The average molecular weight is 279 g/mol. The molecule has 0 bridgehead atoms. The third-order valence-corrected chi connectivity index (χ3v) is 4.16. The molecule has 1 aromatic carbocycles. The predicted molar refractivity (Wildman–Crippen MR) is 75.4 cm³/mol. The molecule has 0 radical (unpaired) electrons. The average Bonchev–Trinajstić information content (AvgIpc) is 3.00. The Hall–Kier alpha value is -1.52. The molecule has 2 heterocycles. The van der Waals surface area contributed by atoms with Gasteiger partial charge in [0, 0.05) is 0 Å². The largest absolute Gasteiger partial charge is 0.467 e. The van der Waals surface area contributed by atoms with Crippen molar-refractivity contribution in [1.29, 1.82) is 0 Å². The van der Waals surface area contributed by atoms with E-state index in [1.807, 2.05) is 31.2 Å². The van der Waals surface area contributed by atoms with Gasteiger partial charge < -0.3 is 9.73 Å². The molecule has 0 spiro atoms. The molecule has 0 atom stereocenters. The van der Waals surface area contributed by atoms with Gasteiger partial charge in [0.25, 0.3) is 0 Å². The first-order valence-electron chi connectivity index (χ1n) is 5.56. The highest BCUT2D eigenvalue weighted by atomic mass is 35.5. The number of hydrogen-bond acceptors (Lipinski definition) is 4. The van der Waals surface area contributed by atoms with Gasteiger partial charge in [-0.1, -0.05) is 29.0 Å². The molecule has 5 heteroatoms. The molecule has 3 nitrogen and oxygen atoms in total. The summed E-state index contributed by atoms with van der Waals surface area (Å²) in [6, 6.07) is 7.70. The van der Waals surface area contributed by atoms with E-state index in [1.165, 1.54) is 0 Å². The van der Waals surface area contributed by atoms with Crippen molar-refractivity contribution in [1.82, 2.24) is 4.98 Å². The third kappa shape index (κ3) is 2.09. The monoisotopic (exact) mass is 278 g/mol. The summed E-state index contributed by atoms with van der Waals surface area (Å²) >= 11 is 7.73. The standard InChI is InChI=1S/C13H11ClN2OS/c1-8-4-5-10(14)12-11(8)16-13(18-12)15-7-9-3-2-6-17-9/h2-6H,7H2,1H3,(H,15,16). The van der Waals surface area contributed by atoms with Crippen molar-refractivity contribution in [3.8, 4) is 0 Å². The molecule has 0 unspecified atom stereocenters. The normalized spacial score (nSPS) is 11.0. The minimum Gasteiger partial charge on any atom is -0.467 e. The Balaban J connectivity index is 1.89. The Morgan fingerprint density at radius 3 is 3.00 bits per heavy atom. The lowest BCUT2D eigenvalue weighted by molar-refractivity contribution is 0.518. The topological polar surface area (TPSA) is 38.1 Å². The van der Waals surface area contributed by atoms with Crippen molar-refractivity contribution in [3.63, 3.8) is 0 Å². The van der Waals surface area contributed by atoms with Gasteiger partial charge in [-0.25, -0.2) is 4.98 Å². The van der Waals surface area contributed by atoms with Crippen LogP contribution in [0.15, 0.2) is 34.9 Å². The predicted octanol–water partition coefficient (Wildman–Crippen LogP) is 4.46. The number of thiazole rings is 1. The number of halogens is 1. The molecule has 3 aromatic rings. The summed E-state index contributed by atoms with van der Waals surface area (Å²) in [6.07, 6.45) is 1.66. The molecule has 0 aliphatic carbocycles. The highest BCUT2D eigenvalue weighted by Gasteiger charge is 2.09. The molecule has 0 saturated carbocycles. The molecular weight excluding hydrogens is 268 g/mol. The fraction of sp³-hybridized carbons (Fsp3) is 0.154. The summed E-state index contributed by atoms with van der Waals surface area (Å²) in [7, 11) is 0. The zero-order chi connectivity index (χ0) is 12.5. The van der Waals surface area contributed by atoms with Gasteiger partial charge in [-0.15, -0.1) is 0 Å². The van der Waals surface area contributed by atoms with E-state index >= 15 is 0 Å². The number of aromatic nitrogens is 1. The van der Waals surface area contributed by atoms with Gasteiger partial charge in [0.05, 0.1) is 28.0 Å². The number of nitrogens with one attached hydrogen (secondary N) is 1. The van der Waals surface area contributed by atoms with Crippen molar-refractivity contribution < 1.29 is 4.42 Å². The number of benzene rings is 1. The minimum atomic E-state index is 0.628. The highest BCUT2D eigenvalue weighted by Crippen LogP contribution is 2.33. The maximum Gasteiger partial charge on any atom is 0.184 e. The maximum atomic E-state index is 6.17. The zero-order valence-corrected chi connectivity index (χ0v) is 11.3. The van der Waals surface area contributed by atoms with Crippen LogP contribution in [0.5, 0.6) is 0 Å². The molecule has 1 N–H and O–H groups in total. The number of rotatable bonds is 3. The van der Waals surface area contributed by atoms with E-state index in [4.69, 9.17) is 16.0 Å². The smallest absolute Gasteiger partial charge is 0.184 e. The first kappa shape index (κ1) is 11.6. The van der Waals surface area contributed by atoms with Crippen LogP contribution in [0.4, 0.5) is 5.13 Å². The van der Waals surface area contributed by atoms with Gasteiger partial charge in [0.15, 0.2) is 5.13 Å². The number of fused-ring (bicyclic) bond motifs is 1. The molecule has 2 aromatic heterocycles. The number of furan rings is 1. The fourth-order valence-corrected chi connectivity index (χ4v) is 2.97.